The van der Waals surface area contributed by atoms with Gasteiger partial charge in [-0.1, -0.05) is 33.1 Å². The van der Waals surface area contributed by atoms with E-state index in [4.69, 9.17) is 0 Å². The molecule has 1 aliphatic carbocycles. The van der Waals surface area contributed by atoms with Crippen LogP contribution in [0.15, 0.2) is 0 Å². The molecule has 2 unspecified atom stereocenters. The highest BCUT2D eigenvalue weighted by atomic mass is 16.2. The molecular formula is C15H28N2O. The average Bonchev–Trinajstić information content (AvgIpc) is 2.57. The summed E-state index contributed by atoms with van der Waals surface area (Å²) in [6.07, 6.45) is 8.69. The molecule has 0 spiro atoms. The van der Waals surface area contributed by atoms with E-state index >= 15 is 0 Å². The summed E-state index contributed by atoms with van der Waals surface area (Å²) in [5.74, 6) is 0.343. The van der Waals surface area contributed by atoms with Crippen molar-refractivity contribution in [2.45, 2.75) is 77.9 Å². The van der Waals surface area contributed by atoms with Crippen LogP contribution >= 0.6 is 0 Å². The van der Waals surface area contributed by atoms with Gasteiger partial charge in [0.1, 0.15) is 0 Å². The topological polar surface area (TPSA) is 32.3 Å². The molecule has 0 aromatic rings. The second kappa shape index (κ2) is 5.60. The summed E-state index contributed by atoms with van der Waals surface area (Å²) in [5, 5.41) is 3.46. The van der Waals surface area contributed by atoms with Crippen molar-refractivity contribution in [1.82, 2.24) is 10.2 Å². The monoisotopic (exact) mass is 252 g/mol. The lowest BCUT2D eigenvalue weighted by Crippen LogP contribution is -2.46. The molecule has 104 valence electrons. The highest BCUT2D eigenvalue weighted by molar-refractivity contribution is 5.84. The normalized spacial score (nSPS) is 30.6. The summed E-state index contributed by atoms with van der Waals surface area (Å²) in [6, 6.07) is 0.0777. The third-order valence-electron chi connectivity index (χ3n) is 5.01. The quantitative estimate of drug-likeness (QED) is 0.788. The zero-order valence-electron chi connectivity index (χ0n) is 12.2. The third-order valence-corrected chi connectivity index (χ3v) is 5.01. The summed E-state index contributed by atoms with van der Waals surface area (Å²) in [5.41, 5.74) is 0.436. The summed E-state index contributed by atoms with van der Waals surface area (Å²) >= 11 is 0. The van der Waals surface area contributed by atoms with Crippen molar-refractivity contribution in [3.63, 3.8) is 0 Å². The smallest absolute Gasteiger partial charge is 0.241 e. The van der Waals surface area contributed by atoms with E-state index in [1.807, 2.05) is 0 Å². The van der Waals surface area contributed by atoms with Crippen molar-refractivity contribution < 1.29 is 4.79 Å². The molecule has 1 saturated heterocycles. The van der Waals surface area contributed by atoms with Crippen molar-refractivity contribution >= 4 is 5.91 Å². The Labute approximate surface area is 111 Å². The first kappa shape index (κ1) is 13.9. The van der Waals surface area contributed by atoms with Gasteiger partial charge in [-0.15, -0.1) is 0 Å². The molecule has 0 bridgehead atoms. The SMILES string of the molecule is CCCCC1NC(C)N(CC2(CC)CCC2)C1=O. The standard InChI is InChI=1S/C15H28N2O/c1-4-6-8-13-14(18)17(12(3)16-13)11-15(5-2)9-7-10-15/h12-13,16H,4-11H2,1-3H3. The first-order valence-corrected chi connectivity index (χ1v) is 7.68. The van der Waals surface area contributed by atoms with Crippen LogP contribution in [0.5, 0.6) is 0 Å². The van der Waals surface area contributed by atoms with Crippen LogP contribution < -0.4 is 5.32 Å². The van der Waals surface area contributed by atoms with Crippen LogP contribution in [-0.4, -0.2) is 29.6 Å². The Morgan fingerprint density at radius 3 is 2.61 bits per heavy atom. The predicted octanol–water partition coefficient (Wildman–Crippen LogP) is 2.90. The molecule has 1 N–H and O–H groups in total. The molecule has 0 radical (unpaired) electrons. The zero-order valence-corrected chi connectivity index (χ0v) is 12.2. The molecule has 18 heavy (non-hydrogen) atoms. The van der Waals surface area contributed by atoms with E-state index in [0.29, 0.717) is 11.3 Å². The second-order valence-corrected chi connectivity index (χ2v) is 6.21. The maximum absolute atomic E-state index is 12.4. The van der Waals surface area contributed by atoms with Gasteiger partial charge in [0.25, 0.3) is 0 Å². The molecule has 2 atom stereocenters. The lowest BCUT2D eigenvalue weighted by Gasteiger charge is -2.44. The Hall–Kier alpha value is -0.570. The molecule has 3 heteroatoms. The first-order chi connectivity index (χ1) is 8.62. The minimum atomic E-state index is 0.0777. The second-order valence-electron chi connectivity index (χ2n) is 6.21. The van der Waals surface area contributed by atoms with Gasteiger partial charge in [0, 0.05) is 6.54 Å². The van der Waals surface area contributed by atoms with E-state index in [-0.39, 0.29) is 12.2 Å². The minimum Gasteiger partial charge on any atom is -0.326 e. The van der Waals surface area contributed by atoms with Crippen LogP contribution in [0.4, 0.5) is 0 Å². The Balaban J connectivity index is 1.94. The van der Waals surface area contributed by atoms with Crippen LogP contribution in [0.25, 0.3) is 0 Å². The fourth-order valence-electron chi connectivity index (χ4n) is 3.33. The van der Waals surface area contributed by atoms with Crippen LogP contribution in [0, 0.1) is 5.41 Å². The first-order valence-electron chi connectivity index (χ1n) is 7.68. The number of rotatable bonds is 6. The number of nitrogens with one attached hydrogen (secondary N) is 1. The third kappa shape index (κ3) is 2.56. The van der Waals surface area contributed by atoms with Crippen molar-refractivity contribution in [1.29, 1.82) is 0 Å². The van der Waals surface area contributed by atoms with Crippen molar-refractivity contribution in [2.24, 2.45) is 5.41 Å². The molecule has 3 nitrogen and oxygen atoms in total. The molecule has 1 amide bonds. The fourth-order valence-corrected chi connectivity index (χ4v) is 3.33. The Kier molecular flexibility index (Phi) is 4.31. The van der Waals surface area contributed by atoms with Gasteiger partial charge in [-0.05, 0) is 38.0 Å². The summed E-state index contributed by atoms with van der Waals surface area (Å²) in [6.45, 7) is 7.55. The largest absolute Gasteiger partial charge is 0.326 e. The van der Waals surface area contributed by atoms with Crippen LogP contribution in [-0.2, 0) is 4.79 Å². The molecule has 1 aliphatic heterocycles. The van der Waals surface area contributed by atoms with E-state index < -0.39 is 0 Å². The molecule has 2 fully saturated rings. The lowest BCUT2D eigenvalue weighted by atomic mass is 9.66. The van der Waals surface area contributed by atoms with E-state index in [9.17, 15) is 4.79 Å². The molecule has 0 aromatic carbocycles. The van der Waals surface area contributed by atoms with E-state index in [1.54, 1.807) is 0 Å². The summed E-state index contributed by atoms with van der Waals surface area (Å²) < 4.78 is 0. The maximum atomic E-state index is 12.4. The molecule has 1 heterocycles. The molecule has 1 saturated carbocycles. The van der Waals surface area contributed by atoms with Gasteiger partial charge in [-0.2, -0.15) is 0 Å². The Morgan fingerprint density at radius 2 is 2.11 bits per heavy atom. The average molecular weight is 252 g/mol. The molecule has 2 aliphatic rings. The highest BCUT2D eigenvalue weighted by Crippen LogP contribution is 2.45. The Morgan fingerprint density at radius 1 is 1.39 bits per heavy atom. The van der Waals surface area contributed by atoms with E-state index in [1.165, 1.54) is 32.1 Å². The lowest BCUT2D eigenvalue weighted by molar-refractivity contribution is -0.132. The van der Waals surface area contributed by atoms with Gasteiger partial charge in [-0.25, -0.2) is 0 Å². The zero-order chi connectivity index (χ0) is 13.2. The highest BCUT2D eigenvalue weighted by Gasteiger charge is 2.43. The van der Waals surface area contributed by atoms with Gasteiger partial charge in [0.2, 0.25) is 5.91 Å². The number of unbranched alkanes of at least 4 members (excludes halogenated alkanes) is 1. The van der Waals surface area contributed by atoms with Gasteiger partial charge in [0.15, 0.2) is 0 Å². The molecular weight excluding hydrogens is 224 g/mol. The fraction of sp³-hybridized carbons (Fsp3) is 0.933. The van der Waals surface area contributed by atoms with E-state index in [2.05, 4.69) is 31.0 Å². The number of hydrogen-bond donors (Lipinski definition) is 1. The van der Waals surface area contributed by atoms with Gasteiger partial charge in [0.05, 0.1) is 12.2 Å². The number of carbonyl (C=O) groups excluding carboxylic acids is 1. The summed E-state index contributed by atoms with van der Waals surface area (Å²) in [4.78, 5) is 14.5. The van der Waals surface area contributed by atoms with Crippen molar-refractivity contribution in [2.75, 3.05) is 6.54 Å². The van der Waals surface area contributed by atoms with E-state index in [0.717, 1.165) is 19.4 Å². The van der Waals surface area contributed by atoms with Gasteiger partial charge in [-0.3, -0.25) is 10.1 Å². The van der Waals surface area contributed by atoms with Gasteiger partial charge < -0.3 is 4.90 Å². The Bertz CT molecular complexity index is 293. The number of hydrogen-bond acceptors (Lipinski definition) is 2. The van der Waals surface area contributed by atoms with Crippen LogP contribution in [0.1, 0.15) is 65.7 Å². The van der Waals surface area contributed by atoms with Crippen LogP contribution in [0.2, 0.25) is 0 Å². The minimum absolute atomic E-state index is 0.0777. The summed E-state index contributed by atoms with van der Waals surface area (Å²) in [7, 11) is 0. The number of carbonyl (C=O) groups is 1. The van der Waals surface area contributed by atoms with Crippen molar-refractivity contribution in [3.05, 3.63) is 0 Å². The molecule has 0 aromatic heterocycles. The van der Waals surface area contributed by atoms with Gasteiger partial charge >= 0.3 is 0 Å². The number of amides is 1. The van der Waals surface area contributed by atoms with Crippen molar-refractivity contribution in [3.8, 4) is 0 Å². The predicted molar refractivity (Wildman–Crippen MR) is 74.2 cm³/mol. The number of nitrogens with zero attached hydrogens (tertiary/aromatic N) is 1. The van der Waals surface area contributed by atoms with Crippen LogP contribution in [0.3, 0.4) is 0 Å². The maximum Gasteiger partial charge on any atom is 0.241 e. The molecule has 2 rings (SSSR count).